The quantitative estimate of drug-likeness (QED) is 0.785. The largest absolute Gasteiger partial charge is 0.367 e. The molecule has 2 aliphatic heterocycles. The molecule has 1 N–H and O–H groups in total. The number of hydrogen-bond donors (Lipinski definition) is 2. The summed E-state index contributed by atoms with van der Waals surface area (Å²) in [6.45, 7) is 3.34. The lowest BCUT2D eigenvalue weighted by atomic mass is 10.0. The van der Waals surface area contributed by atoms with Gasteiger partial charge >= 0.3 is 0 Å². The first-order chi connectivity index (χ1) is 10.3. The van der Waals surface area contributed by atoms with Crippen LogP contribution in [0, 0.1) is 0 Å². The van der Waals surface area contributed by atoms with Crippen molar-refractivity contribution in [3.8, 4) is 11.1 Å². The summed E-state index contributed by atoms with van der Waals surface area (Å²) in [5, 5.41) is 3.51. The Bertz CT molecular complexity index is 668. The Hall–Kier alpha value is -1.45. The van der Waals surface area contributed by atoms with Crippen molar-refractivity contribution in [2.24, 2.45) is 0 Å². The smallest absolute Gasteiger partial charge is 0.0408 e. The van der Waals surface area contributed by atoms with Crippen LogP contribution >= 0.6 is 12.6 Å². The van der Waals surface area contributed by atoms with E-state index in [1.165, 1.54) is 35.2 Å². The van der Waals surface area contributed by atoms with Gasteiger partial charge in [0.25, 0.3) is 0 Å². The molecule has 0 amide bonds. The van der Waals surface area contributed by atoms with Gasteiger partial charge in [0.1, 0.15) is 0 Å². The maximum atomic E-state index is 4.60. The number of nitrogens with one attached hydrogen (secondary N) is 1. The fourth-order valence-electron chi connectivity index (χ4n) is 3.60. The molecule has 2 aromatic carbocycles. The van der Waals surface area contributed by atoms with Crippen LogP contribution in [0.15, 0.2) is 47.4 Å². The third-order valence-corrected chi connectivity index (χ3v) is 5.08. The minimum absolute atomic E-state index is 0.677. The number of fused-ring (bicyclic) bond motifs is 3. The van der Waals surface area contributed by atoms with E-state index in [4.69, 9.17) is 0 Å². The van der Waals surface area contributed by atoms with Gasteiger partial charge in [0.15, 0.2) is 0 Å². The highest BCUT2D eigenvalue weighted by Crippen LogP contribution is 2.38. The molecule has 1 fully saturated rings. The fraction of sp³-hybridized carbons (Fsp3) is 0.333. The summed E-state index contributed by atoms with van der Waals surface area (Å²) in [4.78, 5) is 3.64. The van der Waals surface area contributed by atoms with Crippen LogP contribution in [0.1, 0.15) is 12.0 Å². The number of anilines is 1. The highest BCUT2D eigenvalue weighted by atomic mass is 32.1. The second-order valence-corrected chi connectivity index (χ2v) is 6.43. The molecule has 2 nitrogen and oxygen atoms in total. The first kappa shape index (κ1) is 13.2. The van der Waals surface area contributed by atoms with Crippen molar-refractivity contribution in [1.29, 1.82) is 0 Å². The molecule has 108 valence electrons. The van der Waals surface area contributed by atoms with Crippen LogP contribution in [0.4, 0.5) is 5.69 Å². The Balaban J connectivity index is 1.75. The van der Waals surface area contributed by atoms with E-state index in [-0.39, 0.29) is 0 Å². The third-order valence-electron chi connectivity index (χ3n) is 4.69. The van der Waals surface area contributed by atoms with Gasteiger partial charge in [-0.05, 0) is 48.2 Å². The summed E-state index contributed by atoms with van der Waals surface area (Å²) in [7, 11) is 0. The van der Waals surface area contributed by atoms with Gasteiger partial charge in [-0.2, -0.15) is 0 Å². The van der Waals surface area contributed by atoms with Gasteiger partial charge in [0, 0.05) is 29.7 Å². The van der Waals surface area contributed by atoms with Crippen LogP contribution in [-0.2, 0) is 6.42 Å². The van der Waals surface area contributed by atoms with Gasteiger partial charge in [0.2, 0.25) is 0 Å². The Morgan fingerprint density at radius 3 is 2.90 bits per heavy atom. The standard InChI is InChI=1S/C18H20N2S/c21-18-4-2-1-3-16(18)13-5-6-14-11-15-7-8-19-9-10-20(15)17(14)12-13/h1-6,12,15,19,21H,7-11H2. The molecule has 1 saturated heterocycles. The van der Waals surface area contributed by atoms with Gasteiger partial charge < -0.3 is 10.2 Å². The highest BCUT2D eigenvalue weighted by molar-refractivity contribution is 7.80. The molecule has 2 aliphatic rings. The average Bonchev–Trinajstić information content (AvgIpc) is 2.68. The highest BCUT2D eigenvalue weighted by Gasteiger charge is 2.30. The molecule has 1 unspecified atom stereocenters. The molecule has 0 spiro atoms. The van der Waals surface area contributed by atoms with E-state index in [9.17, 15) is 0 Å². The van der Waals surface area contributed by atoms with Crippen molar-refractivity contribution in [3.63, 3.8) is 0 Å². The lowest BCUT2D eigenvalue weighted by molar-refractivity contribution is 0.612. The average molecular weight is 296 g/mol. The summed E-state index contributed by atoms with van der Waals surface area (Å²) >= 11 is 4.60. The van der Waals surface area contributed by atoms with Crippen LogP contribution < -0.4 is 10.2 Å². The van der Waals surface area contributed by atoms with E-state index >= 15 is 0 Å². The molecule has 0 saturated carbocycles. The maximum absolute atomic E-state index is 4.60. The first-order valence-corrected chi connectivity index (χ1v) is 8.16. The molecule has 0 radical (unpaired) electrons. The summed E-state index contributed by atoms with van der Waals surface area (Å²) in [5.74, 6) is 0. The minimum Gasteiger partial charge on any atom is -0.367 e. The van der Waals surface area contributed by atoms with Gasteiger partial charge in [-0.15, -0.1) is 12.6 Å². The predicted octanol–water partition coefficient (Wildman–Crippen LogP) is 3.37. The molecule has 0 aliphatic carbocycles. The number of benzene rings is 2. The normalized spacial score (nSPS) is 20.8. The minimum atomic E-state index is 0.677. The molecule has 2 aromatic rings. The van der Waals surface area contributed by atoms with Crippen molar-refractivity contribution in [3.05, 3.63) is 48.0 Å². The lowest BCUT2D eigenvalue weighted by Crippen LogP contribution is -2.32. The second-order valence-electron chi connectivity index (χ2n) is 5.95. The monoisotopic (exact) mass is 296 g/mol. The maximum Gasteiger partial charge on any atom is 0.0408 e. The van der Waals surface area contributed by atoms with Crippen molar-refractivity contribution >= 4 is 18.3 Å². The van der Waals surface area contributed by atoms with E-state index in [1.807, 2.05) is 6.07 Å². The zero-order valence-electron chi connectivity index (χ0n) is 12.0. The van der Waals surface area contributed by atoms with Crippen LogP contribution in [0.5, 0.6) is 0 Å². The van der Waals surface area contributed by atoms with Crippen LogP contribution in [0.2, 0.25) is 0 Å². The Kier molecular flexibility index (Phi) is 3.40. The van der Waals surface area contributed by atoms with E-state index in [0.29, 0.717) is 6.04 Å². The molecule has 2 heterocycles. The summed E-state index contributed by atoms with van der Waals surface area (Å²) in [6.07, 6.45) is 2.44. The summed E-state index contributed by atoms with van der Waals surface area (Å²) < 4.78 is 0. The van der Waals surface area contributed by atoms with E-state index in [2.05, 4.69) is 59.2 Å². The lowest BCUT2D eigenvalue weighted by Gasteiger charge is -2.25. The van der Waals surface area contributed by atoms with Crippen LogP contribution in [0.25, 0.3) is 11.1 Å². The van der Waals surface area contributed by atoms with Crippen molar-refractivity contribution < 1.29 is 0 Å². The third kappa shape index (κ3) is 2.34. The van der Waals surface area contributed by atoms with Gasteiger partial charge in [-0.1, -0.05) is 30.3 Å². The Morgan fingerprint density at radius 1 is 1.10 bits per heavy atom. The molecule has 21 heavy (non-hydrogen) atoms. The summed E-state index contributed by atoms with van der Waals surface area (Å²) in [6, 6.07) is 15.9. The van der Waals surface area contributed by atoms with Crippen molar-refractivity contribution in [2.45, 2.75) is 23.8 Å². The fourth-order valence-corrected chi connectivity index (χ4v) is 3.89. The zero-order chi connectivity index (χ0) is 14.2. The van der Waals surface area contributed by atoms with E-state index in [1.54, 1.807) is 0 Å². The van der Waals surface area contributed by atoms with Crippen LogP contribution in [-0.4, -0.2) is 25.7 Å². The molecule has 4 rings (SSSR count). The van der Waals surface area contributed by atoms with Gasteiger partial charge in [-0.25, -0.2) is 0 Å². The van der Waals surface area contributed by atoms with Crippen molar-refractivity contribution in [2.75, 3.05) is 24.5 Å². The Morgan fingerprint density at radius 2 is 2.00 bits per heavy atom. The SMILES string of the molecule is Sc1ccccc1-c1ccc2c(c1)N1CCNCCC1C2. The van der Waals surface area contributed by atoms with E-state index < -0.39 is 0 Å². The molecule has 1 atom stereocenters. The second kappa shape index (κ2) is 5.39. The molecular formula is C18H20N2S. The molecular weight excluding hydrogens is 276 g/mol. The first-order valence-electron chi connectivity index (χ1n) is 7.71. The van der Waals surface area contributed by atoms with Crippen LogP contribution in [0.3, 0.4) is 0 Å². The molecule has 3 heteroatoms. The number of hydrogen-bond acceptors (Lipinski definition) is 3. The van der Waals surface area contributed by atoms with Gasteiger partial charge in [-0.3, -0.25) is 0 Å². The van der Waals surface area contributed by atoms with Crippen molar-refractivity contribution in [1.82, 2.24) is 5.32 Å². The topological polar surface area (TPSA) is 15.3 Å². The summed E-state index contributed by atoms with van der Waals surface area (Å²) in [5.41, 5.74) is 5.43. The Labute approximate surface area is 131 Å². The molecule has 0 bridgehead atoms. The predicted molar refractivity (Wildman–Crippen MR) is 91.5 cm³/mol. The number of rotatable bonds is 1. The molecule has 0 aromatic heterocycles. The van der Waals surface area contributed by atoms with E-state index in [0.717, 1.165) is 24.5 Å². The zero-order valence-corrected chi connectivity index (χ0v) is 12.9. The van der Waals surface area contributed by atoms with Gasteiger partial charge in [0.05, 0.1) is 0 Å². The number of thiol groups is 1. The number of nitrogens with zero attached hydrogens (tertiary/aromatic N) is 1.